The Balaban J connectivity index is 1.23. The summed E-state index contributed by atoms with van der Waals surface area (Å²) in [5.74, 6) is 0.193. The van der Waals surface area contributed by atoms with E-state index < -0.39 is 30.6 Å². The zero-order valence-electron chi connectivity index (χ0n) is 20.7. The van der Waals surface area contributed by atoms with Gasteiger partial charge in [0.1, 0.15) is 37.4 Å². The number of aliphatic hydroxyl groups is 2. The SMILES string of the molecule is NC1NC2(CCCCCCC2)NC2C1CCN2[C@@H]1O[C@H]([C@@H]2OCOCc3cc(Cl)ccc32)[C@@H](O)[C@H]1O. The molecule has 6 N–H and O–H groups in total. The Kier molecular flexibility index (Phi) is 7.33. The topological polar surface area (TPSA) is 121 Å². The maximum atomic E-state index is 11.2. The monoisotopic (exact) mass is 522 g/mol. The summed E-state index contributed by atoms with van der Waals surface area (Å²) < 4.78 is 18.1. The number of rotatable bonds is 2. The zero-order chi connectivity index (χ0) is 24.9. The summed E-state index contributed by atoms with van der Waals surface area (Å²) in [5.41, 5.74) is 8.25. The van der Waals surface area contributed by atoms with Crippen LogP contribution in [0.25, 0.3) is 0 Å². The number of nitrogens with zero attached hydrogens (tertiary/aromatic N) is 1. The lowest BCUT2D eigenvalue weighted by Crippen LogP contribution is -2.75. The van der Waals surface area contributed by atoms with Gasteiger partial charge >= 0.3 is 0 Å². The summed E-state index contributed by atoms with van der Waals surface area (Å²) in [6, 6.07) is 5.55. The lowest BCUT2D eigenvalue weighted by molar-refractivity contribution is -0.167. The Bertz CT molecular complexity index is 932. The van der Waals surface area contributed by atoms with Crippen LogP contribution in [0.5, 0.6) is 0 Å². The molecule has 3 unspecified atom stereocenters. The van der Waals surface area contributed by atoms with Crippen molar-refractivity contribution >= 4 is 11.6 Å². The second-order valence-corrected chi connectivity index (χ2v) is 11.6. The third kappa shape index (κ3) is 4.62. The third-order valence-corrected chi connectivity index (χ3v) is 9.15. The van der Waals surface area contributed by atoms with Gasteiger partial charge in [-0.15, -0.1) is 0 Å². The lowest BCUT2D eigenvalue weighted by Gasteiger charge is -2.51. The Labute approximate surface area is 217 Å². The zero-order valence-corrected chi connectivity index (χ0v) is 21.4. The van der Waals surface area contributed by atoms with Crippen LogP contribution in [-0.2, 0) is 20.8 Å². The van der Waals surface area contributed by atoms with Gasteiger partial charge < -0.3 is 30.2 Å². The number of fused-ring (bicyclic) bond motifs is 2. The second kappa shape index (κ2) is 10.4. The highest BCUT2D eigenvalue weighted by molar-refractivity contribution is 6.30. The fourth-order valence-electron chi connectivity index (χ4n) is 7.06. The first-order valence-corrected chi connectivity index (χ1v) is 13.9. The molecule has 1 spiro atoms. The highest BCUT2D eigenvalue weighted by Gasteiger charge is 2.56. The molecule has 3 saturated heterocycles. The van der Waals surface area contributed by atoms with E-state index in [0.717, 1.165) is 49.8 Å². The molecule has 1 aromatic rings. The van der Waals surface area contributed by atoms with Crippen molar-refractivity contribution < 1.29 is 24.4 Å². The van der Waals surface area contributed by atoms with Crippen LogP contribution in [-0.4, -0.2) is 71.0 Å². The van der Waals surface area contributed by atoms with Crippen molar-refractivity contribution in [3.8, 4) is 0 Å². The highest BCUT2D eigenvalue weighted by atomic mass is 35.5. The van der Waals surface area contributed by atoms with Gasteiger partial charge in [-0.2, -0.15) is 0 Å². The standard InChI is InChI=1S/C26H39ClN4O5/c27-16-6-7-17-15(12-16)13-34-14-35-21(17)22-19(32)20(33)25(36-22)31-11-8-18-23(28)29-26(30-24(18)31)9-4-2-1-3-5-10-26/h6-7,12,18-25,29-30,32-33H,1-5,8-11,13-14,28H2/t18?,19-,20+,21+,22-,23?,24?,25+/m0/s1. The molecule has 1 saturated carbocycles. The van der Waals surface area contributed by atoms with Gasteiger partial charge in [0.15, 0.2) is 0 Å². The van der Waals surface area contributed by atoms with E-state index in [0.29, 0.717) is 11.6 Å². The summed E-state index contributed by atoms with van der Waals surface area (Å²) in [5, 5.41) is 30.6. The van der Waals surface area contributed by atoms with E-state index in [-0.39, 0.29) is 30.7 Å². The number of benzene rings is 1. The smallest absolute Gasteiger partial charge is 0.148 e. The van der Waals surface area contributed by atoms with Crippen molar-refractivity contribution in [2.24, 2.45) is 11.7 Å². The van der Waals surface area contributed by atoms with Crippen LogP contribution >= 0.6 is 11.6 Å². The van der Waals surface area contributed by atoms with Gasteiger partial charge in [-0.3, -0.25) is 15.5 Å². The van der Waals surface area contributed by atoms with Crippen LogP contribution in [0.3, 0.4) is 0 Å². The van der Waals surface area contributed by atoms with Crippen molar-refractivity contribution in [1.82, 2.24) is 15.5 Å². The molecule has 4 fully saturated rings. The minimum absolute atomic E-state index is 0.0317. The van der Waals surface area contributed by atoms with Crippen molar-refractivity contribution in [2.75, 3.05) is 13.3 Å². The molecular formula is C26H39ClN4O5. The third-order valence-electron chi connectivity index (χ3n) is 8.92. The first-order valence-electron chi connectivity index (χ1n) is 13.5. The van der Waals surface area contributed by atoms with E-state index in [1.54, 1.807) is 6.07 Å². The van der Waals surface area contributed by atoms with Crippen molar-refractivity contribution in [3.05, 3.63) is 34.3 Å². The Morgan fingerprint density at radius 3 is 2.64 bits per heavy atom. The normalized spacial score (nSPS) is 41.3. The first kappa shape index (κ1) is 25.4. The summed E-state index contributed by atoms with van der Waals surface area (Å²) in [4.78, 5) is 2.18. The fraction of sp³-hybridized carbons (Fsp3) is 0.769. The molecule has 4 heterocycles. The predicted molar refractivity (Wildman–Crippen MR) is 134 cm³/mol. The molecule has 8 atom stereocenters. The van der Waals surface area contributed by atoms with Crippen molar-refractivity contribution in [2.45, 2.75) is 107 Å². The minimum Gasteiger partial charge on any atom is -0.387 e. The van der Waals surface area contributed by atoms with Crippen molar-refractivity contribution in [1.29, 1.82) is 0 Å². The molecule has 10 heteroatoms. The van der Waals surface area contributed by atoms with E-state index in [2.05, 4.69) is 15.5 Å². The van der Waals surface area contributed by atoms with Crippen LogP contribution in [0.2, 0.25) is 5.02 Å². The molecule has 0 amide bonds. The van der Waals surface area contributed by atoms with E-state index in [1.807, 2.05) is 12.1 Å². The molecule has 0 aromatic heterocycles. The van der Waals surface area contributed by atoms with Gasteiger partial charge in [-0.1, -0.05) is 49.8 Å². The van der Waals surface area contributed by atoms with Gasteiger partial charge in [-0.25, -0.2) is 0 Å². The molecule has 1 aromatic carbocycles. The molecule has 200 valence electrons. The quantitative estimate of drug-likeness (QED) is 0.396. The molecule has 36 heavy (non-hydrogen) atoms. The maximum Gasteiger partial charge on any atom is 0.148 e. The Morgan fingerprint density at radius 1 is 1.06 bits per heavy atom. The predicted octanol–water partition coefficient (Wildman–Crippen LogP) is 1.90. The molecule has 5 aliphatic rings. The largest absolute Gasteiger partial charge is 0.387 e. The minimum atomic E-state index is -1.11. The lowest BCUT2D eigenvalue weighted by atomic mass is 9.85. The van der Waals surface area contributed by atoms with Gasteiger partial charge in [0.2, 0.25) is 0 Å². The second-order valence-electron chi connectivity index (χ2n) is 11.2. The first-order chi connectivity index (χ1) is 17.5. The Hall–Kier alpha value is -0.850. The number of ether oxygens (including phenoxy) is 3. The van der Waals surface area contributed by atoms with Crippen molar-refractivity contribution in [3.63, 3.8) is 0 Å². The average Bonchev–Trinajstić information content (AvgIpc) is 3.30. The summed E-state index contributed by atoms with van der Waals surface area (Å²) in [7, 11) is 0. The van der Waals surface area contributed by atoms with E-state index >= 15 is 0 Å². The highest BCUT2D eigenvalue weighted by Crippen LogP contribution is 2.42. The van der Waals surface area contributed by atoms with Crippen LogP contribution in [0, 0.1) is 5.92 Å². The van der Waals surface area contributed by atoms with Gasteiger partial charge in [0.25, 0.3) is 0 Å². The average molecular weight is 523 g/mol. The van der Waals surface area contributed by atoms with E-state index in [4.69, 9.17) is 31.5 Å². The molecule has 6 rings (SSSR count). The van der Waals surface area contributed by atoms with Gasteiger partial charge in [-0.05, 0) is 42.5 Å². The number of likely N-dealkylation sites (tertiary alicyclic amines) is 1. The van der Waals surface area contributed by atoms with Gasteiger partial charge in [0, 0.05) is 17.5 Å². The number of nitrogens with two attached hydrogens (primary N) is 1. The number of aliphatic hydroxyl groups excluding tert-OH is 2. The number of hydrogen-bond acceptors (Lipinski definition) is 9. The van der Waals surface area contributed by atoms with Crippen LogP contribution in [0.1, 0.15) is 68.6 Å². The maximum absolute atomic E-state index is 11.2. The summed E-state index contributed by atoms with van der Waals surface area (Å²) in [6.45, 7) is 1.17. The number of nitrogens with one attached hydrogen (secondary N) is 2. The molecule has 0 bridgehead atoms. The number of halogens is 1. The molecule has 1 aliphatic carbocycles. The summed E-state index contributed by atoms with van der Waals surface area (Å²) in [6.07, 6.45) is 4.77. The number of hydrogen-bond donors (Lipinski definition) is 5. The Morgan fingerprint density at radius 2 is 1.83 bits per heavy atom. The molecular weight excluding hydrogens is 484 g/mol. The molecule has 4 aliphatic heterocycles. The molecule has 9 nitrogen and oxygen atoms in total. The fourth-order valence-corrected chi connectivity index (χ4v) is 7.26. The van der Waals surface area contributed by atoms with Crippen LogP contribution in [0.15, 0.2) is 18.2 Å². The van der Waals surface area contributed by atoms with Crippen LogP contribution in [0.4, 0.5) is 0 Å². The van der Waals surface area contributed by atoms with Gasteiger partial charge in [0.05, 0.1) is 24.6 Å². The molecule has 0 radical (unpaired) electrons. The van der Waals surface area contributed by atoms with E-state index in [1.165, 1.54) is 19.3 Å². The van der Waals surface area contributed by atoms with Crippen LogP contribution < -0.4 is 16.4 Å². The summed E-state index contributed by atoms with van der Waals surface area (Å²) >= 11 is 6.21. The van der Waals surface area contributed by atoms with E-state index in [9.17, 15) is 10.2 Å².